The minimum absolute atomic E-state index is 0.544. The van der Waals surface area contributed by atoms with E-state index >= 15 is 0 Å². The number of alkyl halides is 3. The van der Waals surface area contributed by atoms with Gasteiger partial charge in [-0.25, -0.2) is 4.79 Å². The first-order chi connectivity index (χ1) is 7.18. The lowest BCUT2D eigenvalue weighted by atomic mass is 10.1. The van der Waals surface area contributed by atoms with Crippen molar-refractivity contribution in [1.29, 1.82) is 0 Å². The normalized spacial score (nSPS) is 12.8. The van der Waals surface area contributed by atoms with E-state index in [1.54, 1.807) is 0 Å². The number of halogens is 3. The van der Waals surface area contributed by atoms with E-state index in [0.29, 0.717) is 0 Å². The van der Waals surface area contributed by atoms with Crippen molar-refractivity contribution in [3.63, 3.8) is 0 Å². The van der Waals surface area contributed by atoms with Gasteiger partial charge >= 0.3 is 18.1 Å². The molecule has 0 bridgehead atoms. The van der Waals surface area contributed by atoms with Gasteiger partial charge in [0.1, 0.15) is 11.8 Å². The van der Waals surface area contributed by atoms with Crippen LogP contribution in [0.3, 0.4) is 0 Å². The van der Waals surface area contributed by atoms with Gasteiger partial charge in [0.15, 0.2) is 0 Å². The quantitative estimate of drug-likeness (QED) is 0.713. The van der Waals surface area contributed by atoms with E-state index in [4.69, 9.17) is 0 Å². The molecule has 92 valence electrons. The number of hydrogen-bond acceptors (Lipinski definition) is 4. The summed E-state index contributed by atoms with van der Waals surface area (Å²) in [5, 5.41) is 1.38. The molecule has 0 saturated carbocycles. The maximum Gasteiger partial charge on any atom is 0.471 e. The third kappa shape index (κ3) is 4.76. The van der Waals surface area contributed by atoms with Crippen LogP contribution >= 0.6 is 0 Å². The molecule has 0 fully saturated rings. The number of nitrogens with one attached hydrogen (secondary N) is 1. The number of ketones is 1. The Bertz CT molecular complexity index is 300. The number of methoxy groups -OCH3 is 1. The lowest BCUT2D eigenvalue weighted by Crippen LogP contribution is -2.48. The smallest absolute Gasteiger partial charge is 0.467 e. The summed E-state index contributed by atoms with van der Waals surface area (Å²) < 4.78 is 39.7. The molecule has 1 N–H and O–H groups in total. The van der Waals surface area contributed by atoms with Crippen molar-refractivity contribution >= 4 is 17.7 Å². The maximum absolute atomic E-state index is 11.9. The predicted molar refractivity (Wildman–Crippen MR) is 45.3 cm³/mol. The van der Waals surface area contributed by atoms with E-state index in [0.717, 1.165) is 14.0 Å². The molecule has 1 atom stereocenters. The molecule has 0 aliphatic rings. The van der Waals surface area contributed by atoms with E-state index in [-0.39, 0.29) is 0 Å². The molecular formula is C8H10F3NO4. The van der Waals surface area contributed by atoms with Crippen LogP contribution in [0.1, 0.15) is 13.3 Å². The molecule has 5 nitrogen and oxygen atoms in total. The van der Waals surface area contributed by atoms with Crippen LogP contribution in [0.2, 0.25) is 0 Å². The first kappa shape index (κ1) is 14.4. The van der Waals surface area contributed by atoms with Gasteiger partial charge in [-0.1, -0.05) is 0 Å². The number of carbonyl (C=O) groups excluding carboxylic acids is 3. The largest absolute Gasteiger partial charge is 0.471 e. The minimum Gasteiger partial charge on any atom is -0.467 e. The average molecular weight is 241 g/mol. The first-order valence-electron chi connectivity index (χ1n) is 4.13. The molecule has 8 heteroatoms. The third-order valence-corrected chi connectivity index (χ3v) is 1.54. The van der Waals surface area contributed by atoms with Crippen LogP contribution in [0.4, 0.5) is 13.2 Å². The number of ether oxygens (including phenoxy) is 1. The molecule has 0 aromatic rings. The summed E-state index contributed by atoms with van der Waals surface area (Å²) in [5.41, 5.74) is 0. The fourth-order valence-electron chi connectivity index (χ4n) is 0.863. The topological polar surface area (TPSA) is 72.5 Å². The first-order valence-corrected chi connectivity index (χ1v) is 4.13. The number of amides is 1. The van der Waals surface area contributed by atoms with Gasteiger partial charge in [0, 0.05) is 6.42 Å². The van der Waals surface area contributed by atoms with E-state index < -0.39 is 36.3 Å². The summed E-state index contributed by atoms with van der Waals surface area (Å²) in [4.78, 5) is 32.1. The van der Waals surface area contributed by atoms with Crippen LogP contribution in [0, 0.1) is 0 Å². The molecule has 0 heterocycles. The molecule has 0 spiro atoms. The van der Waals surface area contributed by atoms with Crippen molar-refractivity contribution in [2.45, 2.75) is 25.6 Å². The van der Waals surface area contributed by atoms with Crippen LogP contribution < -0.4 is 5.32 Å². The fraction of sp³-hybridized carbons (Fsp3) is 0.625. The van der Waals surface area contributed by atoms with Crippen molar-refractivity contribution in [3.8, 4) is 0 Å². The number of carbonyl (C=O) groups is 3. The summed E-state index contributed by atoms with van der Waals surface area (Å²) in [7, 11) is 0.940. The van der Waals surface area contributed by atoms with Crippen LogP contribution in [-0.4, -0.2) is 37.0 Å². The van der Waals surface area contributed by atoms with Gasteiger partial charge in [-0.15, -0.1) is 0 Å². The monoisotopic (exact) mass is 241 g/mol. The second-order valence-corrected chi connectivity index (χ2v) is 2.95. The highest BCUT2D eigenvalue weighted by Gasteiger charge is 2.41. The summed E-state index contributed by atoms with van der Waals surface area (Å²) in [6, 6.07) is -1.61. The van der Waals surface area contributed by atoms with Gasteiger partial charge in [0.25, 0.3) is 0 Å². The molecule has 0 aromatic carbocycles. The Kier molecular flexibility index (Phi) is 4.93. The minimum atomic E-state index is -5.11. The van der Waals surface area contributed by atoms with Crippen molar-refractivity contribution in [3.05, 3.63) is 0 Å². The molecule has 0 aliphatic carbocycles. The Labute approximate surface area is 88.9 Å². The molecule has 16 heavy (non-hydrogen) atoms. The molecule has 0 aliphatic heterocycles. The van der Waals surface area contributed by atoms with Crippen molar-refractivity contribution < 1.29 is 32.3 Å². The van der Waals surface area contributed by atoms with Gasteiger partial charge in [0.2, 0.25) is 0 Å². The predicted octanol–water partition coefficient (Wildman–Crippen LogP) is 0.186. The number of hydrogen-bond donors (Lipinski definition) is 1. The zero-order chi connectivity index (χ0) is 12.9. The highest BCUT2D eigenvalue weighted by atomic mass is 19.4. The lowest BCUT2D eigenvalue weighted by Gasteiger charge is -2.15. The molecule has 0 aromatic heterocycles. The fourth-order valence-corrected chi connectivity index (χ4v) is 0.863. The van der Waals surface area contributed by atoms with Crippen LogP contribution in [0.25, 0.3) is 0 Å². The lowest BCUT2D eigenvalue weighted by molar-refractivity contribution is -0.175. The third-order valence-electron chi connectivity index (χ3n) is 1.54. The Morgan fingerprint density at radius 3 is 2.12 bits per heavy atom. The second-order valence-electron chi connectivity index (χ2n) is 2.95. The molecule has 0 radical (unpaired) electrons. The van der Waals surface area contributed by atoms with E-state index in [1.165, 1.54) is 5.32 Å². The average Bonchev–Trinajstić information content (AvgIpc) is 2.13. The Balaban J connectivity index is 4.61. The van der Waals surface area contributed by atoms with Gasteiger partial charge in [-0.05, 0) is 6.92 Å². The maximum atomic E-state index is 11.9. The number of Topliss-reactive ketones (excluding diaryl/α,β-unsaturated/α-hetero) is 1. The second kappa shape index (κ2) is 5.47. The number of esters is 1. The van der Waals surface area contributed by atoms with Gasteiger partial charge in [-0.2, -0.15) is 13.2 Å². The Morgan fingerprint density at radius 1 is 1.31 bits per heavy atom. The van der Waals surface area contributed by atoms with Crippen LogP contribution in [0.5, 0.6) is 0 Å². The standard InChI is InChI=1S/C8H10F3NO4/c1-4(13)3-5(6(14)16-2)12-7(15)8(9,10)11/h5H,3H2,1-2H3,(H,12,15)/t5-/m0/s1. The summed E-state index contributed by atoms with van der Waals surface area (Å²) in [5.74, 6) is -3.94. The van der Waals surface area contributed by atoms with Crippen molar-refractivity contribution in [1.82, 2.24) is 5.32 Å². The van der Waals surface area contributed by atoms with Crippen LogP contribution in [-0.2, 0) is 19.1 Å². The molecular weight excluding hydrogens is 231 g/mol. The Morgan fingerprint density at radius 2 is 1.81 bits per heavy atom. The SMILES string of the molecule is COC(=O)[C@H](CC(C)=O)NC(=O)C(F)(F)F. The highest BCUT2D eigenvalue weighted by molar-refractivity contribution is 5.91. The van der Waals surface area contributed by atoms with Gasteiger partial charge in [-0.3, -0.25) is 9.59 Å². The van der Waals surface area contributed by atoms with Crippen LogP contribution in [0.15, 0.2) is 0 Å². The summed E-state index contributed by atoms with van der Waals surface area (Å²) in [6.45, 7) is 1.08. The van der Waals surface area contributed by atoms with E-state index in [9.17, 15) is 27.6 Å². The van der Waals surface area contributed by atoms with Gasteiger partial charge < -0.3 is 10.1 Å². The zero-order valence-electron chi connectivity index (χ0n) is 8.55. The highest BCUT2D eigenvalue weighted by Crippen LogP contribution is 2.15. The summed E-state index contributed by atoms with van der Waals surface area (Å²) >= 11 is 0. The number of rotatable bonds is 4. The van der Waals surface area contributed by atoms with Crippen molar-refractivity contribution in [2.24, 2.45) is 0 Å². The zero-order valence-corrected chi connectivity index (χ0v) is 8.55. The molecule has 0 saturated heterocycles. The summed E-state index contributed by atoms with van der Waals surface area (Å²) in [6.07, 6.45) is -5.66. The molecule has 0 unspecified atom stereocenters. The molecule has 0 rings (SSSR count). The Hall–Kier alpha value is -1.60. The van der Waals surface area contributed by atoms with E-state index in [2.05, 4.69) is 4.74 Å². The van der Waals surface area contributed by atoms with Gasteiger partial charge in [0.05, 0.1) is 7.11 Å². The molecule has 1 amide bonds. The van der Waals surface area contributed by atoms with Crippen molar-refractivity contribution in [2.75, 3.05) is 7.11 Å². The van der Waals surface area contributed by atoms with E-state index in [1.807, 2.05) is 0 Å².